The third kappa shape index (κ3) is 3.01. The fraction of sp³-hybridized carbons (Fsp3) is 0.500. The van der Waals surface area contributed by atoms with Crippen LogP contribution in [0.15, 0.2) is 24.3 Å². The van der Waals surface area contributed by atoms with E-state index in [1.165, 1.54) is 0 Å². The number of carboxylic acid groups (broad SMARTS) is 1. The minimum Gasteiger partial charge on any atom is -0.497 e. The van der Waals surface area contributed by atoms with Crippen LogP contribution in [0.25, 0.3) is 0 Å². The molecule has 3 rings (SSSR count). The maximum atomic E-state index is 12.2. The molecule has 112 valence electrons. The second-order valence-electron chi connectivity index (χ2n) is 5.88. The first-order valence-corrected chi connectivity index (χ1v) is 7.27. The standard InChI is InChI=1S/C16H19NO4/c1-21-11-6-4-10(5-7-11)14(9-2-3-9)17-15(18)12-8-13(12)16(19)20/h4-7,9,12-14H,2-3,8H2,1H3,(H,17,18)(H,19,20)/t12-,13-,14-/m1/s1. The molecule has 2 N–H and O–H groups in total. The monoisotopic (exact) mass is 289 g/mol. The molecule has 3 atom stereocenters. The first-order chi connectivity index (χ1) is 10.1. The topological polar surface area (TPSA) is 75.6 Å². The maximum Gasteiger partial charge on any atom is 0.307 e. The summed E-state index contributed by atoms with van der Waals surface area (Å²) in [5.74, 6) is -0.613. The van der Waals surface area contributed by atoms with Gasteiger partial charge in [0.15, 0.2) is 0 Å². The molecule has 1 amide bonds. The summed E-state index contributed by atoms with van der Waals surface area (Å²) in [4.78, 5) is 23.0. The van der Waals surface area contributed by atoms with Gasteiger partial charge in [-0.1, -0.05) is 12.1 Å². The van der Waals surface area contributed by atoms with Crippen LogP contribution in [-0.4, -0.2) is 24.1 Å². The number of carbonyl (C=O) groups is 2. The Morgan fingerprint density at radius 1 is 1.24 bits per heavy atom. The summed E-state index contributed by atoms with van der Waals surface area (Å²) in [6.07, 6.45) is 2.66. The molecule has 0 unspecified atom stereocenters. The Morgan fingerprint density at radius 2 is 1.90 bits per heavy atom. The highest BCUT2D eigenvalue weighted by molar-refractivity contribution is 5.89. The van der Waals surface area contributed by atoms with Crippen molar-refractivity contribution in [3.05, 3.63) is 29.8 Å². The van der Waals surface area contributed by atoms with Gasteiger partial charge in [-0.15, -0.1) is 0 Å². The second kappa shape index (κ2) is 5.39. The van der Waals surface area contributed by atoms with Crippen LogP contribution >= 0.6 is 0 Å². The summed E-state index contributed by atoms with van der Waals surface area (Å²) < 4.78 is 5.14. The largest absolute Gasteiger partial charge is 0.497 e. The fourth-order valence-electron chi connectivity index (χ4n) is 2.73. The van der Waals surface area contributed by atoms with E-state index < -0.39 is 11.9 Å². The second-order valence-corrected chi connectivity index (χ2v) is 5.88. The van der Waals surface area contributed by atoms with Gasteiger partial charge in [-0.2, -0.15) is 0 Å². The first-order valence-electron chi connectivity index (χ1n) is 7.27. The molecule has 1 aromatic rings. The summed E-state index contributed by atoms with van der Waals surface area (Å²) in [5, 5.41) is 11.9. The number of carbonyl (C=O) groups excluding carboxylic acids is 1. The van der Waals surface area contributed by atoms with Crippen molar-refractivity contribution in [2.24, 2.45) is 17.8 Å². The third-order valence-corrected chi connectivity index (χ3v) is 4.31. The van der Waals surface area contributed by atoms with E-state index in [0.717, 1.165) is 24.2 Å². The molecule has 0 spiro atoms. The van der Waals surface area contributed by atoms with E-state index in [9.17, 15) is 9.59 Å². The molecule has 21 heavy (non-hydrogen) atoms. The number of nitrogens with one attached hydrogen (secondary N) is 1. The van der Waals surface area contributed by atoms with Crippen molar-refractivity contribution in [2.75, 3.05) is 7.11 Å². The molecule has 2 aliphatic carbocycles. The van der Waals surface area contributed by atoms with Crippen molar-refractivity contribution >= 4 is 11.9 Å². The Labute approximate surface area is 123 Å². The molecule has 2 saturated carbocycles. The first kappa shape index (κ1) is 13.9. The minimum absolute atomic E-state index is 0.0153. The molecule has 1 aromatic carbocycles. The van der Waals surface area contributed by atoms with Crippen LogP contribution in [0, 0.1) is 17.8 Å². The van der Waals surface area contributed by atoms with Crippen molar-refractivity contribution < 1.29 is 19.4 Å². The zero-order valence-electron chi connectivity index (χ0n) is 11.9. The minimum atomic E-state index is -0.873. The third-order valence-electron chi connectivity index (χ3n) is 4.31. The van der Waals surface area contributed by atoms with Gasteiger partial charge in [0.2, 0.25) is 5.91 Å². The van der Waals surface area contributed by atoms with Gasteiger partial charge in [0, 0.05) is 0 Å². The molecular formula is C16H19NO4. The van der Waals surface area contributed by atoms with E-state index in [1.54, 1.807) is 7.11 Å². The molecule has 0 bridgehead atoms. The molecule has 2 aliphatic rings. The Bertz CT molecular complexity index is 550. The smallest absolute Gasteiger partial charge is 0.307 e. The zero-order valence-corrected chi connectivity index (χ0v) is 11.9. The molecule has 5 heteroatoms. The molecule has 5 nitrogen and oxygen atoms in total. The predicted octanol–water partition coefficient (Wildman–Crippen LogP) is 1.98. The number of hydrogen-bond donors (Lipinski definition) is 2. The summed E-state index contributed by atoms with van der Waals surface area (Å²) in [5.41, 5.74) is 1.05. The normalized spacial score (nSPS) is 25.0. The number of carboxylic acids is 1. The van der Waals surface area contributed by atoms with Gasteiger partial charge in [0.05, 0.1) is 25.0 Å². The lowest BCUT2D eigenvalue weighted by Crippen LogP contribution is -2.32. The lowest BCUT2D eigenvalue weighted by molar-refractivity contribution is -0.140. The predicted molar refractivity (Wildman–Crippen MR) is 75.8 cm³/mol. The number of rotatable bonds is 6. The summed E-state index contributed by atoms with van der Waals surface area (Å²) in [6, 6.07) is 7.67. The SMILES string of the molecule is COc1ccc([C@H](NC(=O)[C@@H]2C[C@H]2C(=O)O)C2CC2)cc1. The Morgan fingerprint density at radius 3 is 2.38 bits per heavy atom. The van der Waals surface area contributed by atoms with Crippen molar-refractivity contribution in [3.63, 3.8) is 0 Å². The number of methoxy groups -OCH3 is 1. The van der Waals surface area contributed by atoms with E-state index in [1.807, 2.05) is 24.3 Å². The van der Waals surface area contributed by atoms with Crippen LogP contribution in [-0.2, 0) is 9.59 Å². The van der Waals surface area contributed by atoms with Crippen LogP contribution in [0.2, 0.25) is 0 Å². The lowest BCUT2D eigenvalue weighted by Gasteiger charge is -2.19. The number of benzene rings is 1. The highest BCUT2D eigenvalue weighted by atomic mass is 16.5. The molecule has 0 saturated heterocycles. The van der Waals surface area contributed by atoms with Gasteiger partial charge in [-0.25, -0.2) is 0 Å². The van der Waals surface area contributed by atoms with Gasteiger partial charge in [0.25, 0.3) is 0 Å². The average molecular weight is 289 g/mol. The molecule has 0 radical (unpaired) electrons. The molecule has 0 aromatic heterocycles. The van der Waals surface area contributed by atoms with E-state index in [2.05, 4.69) is 5.32 Å². The highest BCUT2D eigenvalue weighted by Gasteiger charge is 2.49. The lowest BCUT2D eigenvalue weighted by atomic mass is 10.0. The summed E-state index contributed by atoms with van der Waals surface area (Å²) in [6.45, 7) is 0. The van der Waals surface area contributed by atoms with Gasteiger partial charge in [0.1, 0.15) is 5.75 Å². The van der Waals surface area contributed by atoms with Crippen molar-refractivity contribution in [1.82, 2.24) is 5.32 Å². The van der Waals surface area contributed by atoms with Gasteiger partial charge in [-0.3, -0.25) is 9.59 Å². The number of hydrogen-bond acceptors (Lipinski definition) is 3. The van der Waals surface area contributed by atoms with Crippen LogP contribution in [0.5, 0.6) is 5.75 Å². The van der Waals surface area contributed by atoms with Gasteiger partial charge >= 0.3 is 5.97 Å². The van der Waals surface area contributed by atoms with Crippen LogP contribution in [0.4, 0.5) is 0 Å². The quantitative estimate of drug-likeness (QED) is 0.839. The van der Waals surface area contributed by atoms with Crippen LogP contribution in [0.1, 0.15) is 30.9 Å². The van der Waals surface area contributed by atoms with Crippen LogP contribution < -0.4 is 10.1 Å². The summed E-state index contributed by atoms with van der Waals surface area (Å²) in [7, 11) is 1.62. The van der Waals surface area contributed by atoms with Crippen LogP contribution in [0.3, 0.4) is 0 Å². The fourth-order valence-corrected chi connectivity index (χ4v) is 2.73. The molecular weight excluding hydrogens is 270 g/mol. The number of ether oxygens (including phenoxy) is 1. The molecule has 0 aliphatic heterocycles. The summed E-state index contributed by atoms with van der Waals surface area (Å²) >= 11 is 0. The Kier molecular flexibility index (Phi) is 3.57. The van der Waals surface area contributed by atoms with Crippen molar-refractivity contribution in [1.29, 1.82) is 0 Å². The Balaban J connectivity index is 1.67. The van der Waals surface area contributed by atoms with Crippen molar-refractivity contribution in [3.8, 4) is 5.75 Å². The van der Waals surface area contributed by atoms with Crippen molar-refractivity contribution in [2.45, 2.75) is 25.3 Å². The average Bonchev–Trinajstić information content (AvgIpc) is 3.37. The molecule has 0 heterocycles. The number of aliphatic carboxylic acids is 1. The highest BCUT2D eigenvalue weighted by Crippen LogP contribution is 2.43. The van der Waals surface area contributed by atoms with E-state index >= 15 is 0 Å². The van der Waals surface area contributed by atoms with Gasteiger partial charge < -0.3 is 15.2 Å². The van der Waals surface area contributed by atoms with E-state index in [4.69, 9.17) is 9.84 Å². The number of amides is 1. The van der Waals surface area contributed by atoms with Gasteiger partial charge in [-0.05, 0) is 42.9 Å². The Hall–Kier alpha value is -2.04. The van der Waals surface area contributed by atoms with E-state index in [-0.39, 0.29) is 17.9 Å². The maximum absolute atomic E-state index is 12.2. The molecule has 2 fully saturated rings. The van der Waals surface area contributed by atoms with E-state index in [0.29, 0.717) is 12.3 Å². The zero-order chi connectivity index (χ0) is 15.0.